The van der Waals surface area contributed by atoms with E-state index in [4.69, 9.17) is 4.42 Å². The van der Waals surface area contributed by atoms with E-state index in [1.54, 1.807) is 44.2 Å². The van der Waals surface area contributed by atoms with Gasteiger partial charge in [0.15, 0.2) is 0 Å². The van der Waals surface area contributed by atoms with E-state index < -0.39 is 64.8 Å². The van der Waals surface area contributed by atoms with Crippen LogP contribution < -0.4 is 16.2 Å². The number of rotatable bonds is 10. The Balaban J connectivity index is 1.61. The molecule has 1 atom stereocenters. The van der Waals surface area contributed by atoms with Crippen LogP contribution >= 0.6 is 0 Å². The van der Waals surface area contributed by atoms with Gasteiger partial charge in [0.2, 0.25) is 17.6 Å². The van der Waals surface area contributed by atoms with E-state index in [-0.39, 0.29) is 23.0 Å². The number of nitrogens with one attached hydrogen (secondary N) is 2. The number of halogens is 2. The number of amides is 2. The molecule has 2 aromatic carbocycles. The van der Waals surface area contributed by atoms with Crippen molar-refractivity contribution in [2.75, 3.05) is 12.4 Å². The van der Waals surface area contributed by atoms with E-state index in [1.807, 2.05) is 0 Å². The van der Waals surface area contributed by atoms with Gasteiger partial charge in [-0.3, -0.25) is 24.3 Å². The minimum absolute atomic E-state index is 0.0500. The van der Waals surface area contributed by atoms with Crippen molar-refractivity contribution in [2.45, 2.75) is 45.7 Å². The molecule has 0 aliphatic carbocycles. The van der Waals surface area contributed by atoms with Crippen molar-refractivity contribution in [1.29, 1.82) is 0 Å². The predicted molar refractivity (Wildman–Crippen MR) is 154 cm³/mol. The van der Waals surface area contributed by atoms with Gasteiger partial charge in [-0.15, -0.1) is 10.2 Å². The molecule has 12 nitrogen and oxygen atoms in total. The lowest BCUT2D eigenvalue weighted by Crippen LogP contribution is -2.46. The molecule has 0 saturated heterocycles. The maximum Gasteiger partial charge on any atom is 0.411 e. The highest BCUT2D eigenvalue weighted by molar-refractivity contribution is 5.98. The Labute approximate surface area is 250 Å². The summed E-state index contributed by atoms with van der Waals surface area (Å²) in [5.74, 6) is -3.72. The maximum absolute atomic E-state index is 14.5. The quantitative estimate of drug-likeness (QED) is 0.253. The van der Waals surface area contributed by atoms with Crippen LogP contribution in [0.15, 0.2) is 63.9 Å². The first kappa shape index (κ1) is 31.7. The largest absolute Gasteiger partial charge is 0.453 e. The van der Waals surface area contributed by atoms with Gasteiger partial charge in [-0.25, -0.2) is 18.6 Å². The van der Waals surface area contributed by atoms with Gasteiger partial charge in [0.1, 0.15) is 29.7 Å². The molecule has 4 rings (SSSR count). The predicted octanol–water partition coefficient (Wildman–Crippen LogP) is 4.10. The molecule has 0 fully saturated rings. The molecule has 0 radical (unpaired) electrons. The number of anilines is 1. The van der Waals surface area contributed by atoms with E-state index in [2.05, 4.69) is 30.6 Å². The van der Waals surface area contributed by atoms with Crippen LogP contribution in [0.25, 0.3) is 11.4 Å². The van der Waals surface area contributed by atoms with Crippen LogP contribution in [0, 0.1) is 17.6 Å². The third kappa shape index (κ3) is 6.69. The molecule has 4 aromatic rings. The monoisotopic (exact) mass is 608 g/mol. The van der Waals surface area contributed by atoms with Crippen molar-refractivity contribution < 1.29 is 32.3 Å². The maximum atomic E-state index is 14.5. The van der Waals surface area contributed by atoms with Gasteiger partial charge in [-0.1, -0.05) is 44.2 Å². The van der Waals surface area contributed by atoms with Crippen molar-refractivity contribution in [3.8, 4) is 11.4 Å². The third-order valence-corrected chi connectivity index (χ3v) is 6.84. The van der Waals surface area contributed by atoms with Crippen molar-refractivity contribution in [3.05, 3.63) is 94.1 Å². The topological polar surface area (TPSA) is 158 Å². The second-order valence-corrected chi connectivity index (χ2v) is 10.7. The van der Waals surface area contributed by atoms with E-state index >= 15 is 0 Å². The molecule has 0 saturated carbocycles. The second-order valence-electron chi connectivity index (χ2n) is 10.7. The summed E-state index contributed by atoms with van der Waals surface area (Å²) in [7, 11) is 1.13. The zero-order valence-corrected chi connectivity index (χ0v) is 24.6. The summed E-state index contributed by atoms with van der Waals surface area (Å²) < 4.78 is 39.6. The molecular formula is C30H30F2N6O6. The molecule has 2 heterocycles. The molecule has 2 N–H and O–H groups in total. The van der Waals surface area contributed by atoms with Gasteiger partial charge >= 0.3 is 6.09 Å². The number of carbonyl (C=O) groups excluding carboxylic acids is 3. The van der Waals surface area contributed by atoms with Crippen molar-refractivity contribution >= 4 is 23.5 Å². The first-order chi connectivity index (χ1) is 20.8. The van der Waals surface area contributed by atoms with Crippen LogP contribution in [0.2, 0.25) is 0 Å². The Bertz CT molecular complexity index is 1750. The highest BCUT2D eigenvalue weighted by Gasteiger charge is 2.36. The molecule has 0 aliphatic rings. The van der Waals surface area contributed by atoms with Crippen molar-refractivity contribution in [3.63, 3.8) is 0 Å². The first-order valence-corrected chi connectivity index (χ1v) is 13.5. The number of aromatic nitrogens is 4. The zero-order chi connectivity index (χ0) is 32.2. The summed E-state index contributed by atoms with van der Waals surface area (Å²) in [6, 6.07) is 10.4. The SMILES string of the molecule is COC(=O)Nc1cnc(-c2ccccc2)n(CC(=O)N[C@H](C(=O)c2nnc(C(C)(C)c3cc(F)ccc3F)o2)C(C)C)c1=O. The number of Topliss-reactive ketones (excluding diaryl/α,β-unsaturated/α-hetero) is 1. The van der Waals surface area contributed by atoms with Gasteiger partial charge in [0.05, 0.1) is 24.8 Å². The number of hydrogen-bond donors (Lipinski definition) is 2. The lowest BCUT2D eigenvalue weighted by atomic mass is 9.84. The van der Waals surface area contributed by atoms with Crippen LogP contribution in [-0.2, 0) is 21.5 Å². The summed E-state index contributed by atoms with van der Waals surface area (Å²) >= 11 is 0. The molecule has 0 aliphatic heterocycles. The summed E-state index contributed by atoms with van der Waals surface area (Å²) in [6.07, 6.45) is 0.251. The minimum Gasteiger partial charge on any atom is -0.453 e. The average molecular weight is 609 g/mol. The van der Waals surface area contributed by atoms with Gasteiger partial charge in [-0.2, -0.15) is 0 Å². The van der Waals surface area contributed by atoms with Gasteiger partial charge < -0.3 is 14.5 Å². The molecular weight excluding hydrogens is 578 g/mol. The molecule has 2 aromatic heterocycles. The van der Waals surface area contributed by atoms with Crippen molar-refractivity contribution in [2.24, 2.45) is 5.92 Å². The fourth-order valence-corrected chi connectivity index (χ4v) is 4.40. The van der Waals surface area contributed by atoms with E-state index in [0.29, 0.717) is 5.56 Å². The standard InChI is InChI=1S/C30H30F2N6O6/c1-16(2)23(24(40)26-36-37-28(44-26)30(3,4)19-13-18(31)11-12-20(19)32)35-22(39)15-38-25(17-9-7-6-8-10-17)33-14-21(27(38)41)34-29(42)43-5/h6-14,16,23H,15H2,1-5H3,(H,34,42)(H,35,39)/t23-/m0/s1. The lowest BCUT2D eigenvalue weighted by Gasteiger charge is -2.22. The number of nitrogens with zero attached hydrogens (tertiary/aromatic N) is 4. The highest BCUT2D eigenvalue weighted by Crippen LogP contribution is 2.33. The number of carbonyl (C=O) groups is 3. The molecule has 0 unspecified atom stereocenters. The lowest BCUT2D eigenvalue weighted by molar-refractivity contribution is -0.122. The Hall–Kier alpha value is -5.27. The second kappa shape index (κ2) is 12.9. The van der Waals surface area contributed by atoms with Crippen LogP contribution in [-0.4, -0.2) is 50.7 Å². The summed E-state index contributed by atoms with van der Waals surface area (Å²) in [6.45, 7) is 5.86. The number of methoxy groups -OCH3 is 1. The normalized spacial score (nSPS) is 12.1. The molecule has 44 heavy (non-hydrogen) atoms. The molecule has 0 bridgehead atoms. The Kier molecular flexibility index (Phi) is 9.31. The smallest absolute Gasteiger partial charge is 0.411 e. The minimum atomic E-state index is -1.29. The zero-order valence-electron chi connectivity index (χ0n) is 24.6. The number of benzene rings is 2. The van der Waals surface area contributed by atoms with Crippen LogP contribution in [0.3, 0.4) is 0 Å². The molecule has 2 amide bonds. The summed E-state index contributed by atoms with van der Waals surface area (Å²) in [5.41, 5.74) is -1.78. The van der Waals surface area contributed by atoms with Gasteiger partial charge in [0, 0.05) is 11.1 Å². The number of ether oxygens (including phenoxy) is 1. The average Bonchev–Trinajstić information content (AvgIpc) is 3.50. The van der Waals surface area contributed by atoms with Gasteiger partial charge in [-0.05, 0) is 38.0 Å². The fraction of sp³-hybridized carbons (Fsp3) is 0.300. The van der Waals surface area contributed by atoms with Crippen LogP contribution in [0.1, 0.15) is 49.8 Å². The Morgan fingerprint density at radius 1 is 1.07 bits per heavy atom. The van der Waals surface area contributed by atoms with E-state index in [0.717, 1.165) is 36.1 Å². The molecule has 0 spiro atoms. The Morgan fingerprint density at radius 2 is 1.77 bits per heavy atom. The summed E-state index contributed by atoms with van der Waals surface area (Å²) in [4.78, 5) is 56.1. The number of hydrogen-bond acceptors (Lipinski definition) is 9. The molecule has 14 heteroatoms. The van der Waals surface area contributed by atoms with Crippen LogP contribution in [0.4, 0.5) is 19.3 Å². The Morgan fingerprint density at radius 3 is 2.43 bits per heavy atom. The van der Waals surface area contributed by atoms with E-state index in [9.17, 15) is 28.0 Å². The highest BCUT2D eigenvalue weighted by atomic mass is 19.1. The third-order valence-electron chi connectivity index (χ3n) is 6.84. The number of ketones is 1. The molecule has 230 valence electrons. The van der Waals surface area contributed by atoms with E-state index in [1.165, 1.54) is 13.8 Å². The summed E-state index contributed by atoms with van der Waals surface area (Å²) in [5, 5.41) is 12.6. The van der Waals surface area contributed by atoms with Gasteiger partial charge in [0.25, 0.3) is 11.4 Å². The first-order valence-electron chi connectivity index (χ1n) is 13.5. The fourth-order valence-electron chi connectivity index (χ4n) is 4.40. The van der Waals surface area contributed by atoms with Crippen molar-refractivity contribution in [1.82, 2.24) is 25.1 Å². The van der Waals surface area contributed by atoms with Crippen LogP contribution in [0.5, 0.6) is 0 Å².